The summed E-state index contributed by atoms with van der Waals surface area (Å²) in [5.74, 6) is -0.391. The lowest BCUT2D eigenvalue weighted by Crippen LogP contribution is -2.50. The molecule has 1 saturated heterocycles. The molecule has 4 aromatic rings. The molecule has 2 aliphatic rings. The first-order valence-electron chi connectivity index (χ1n) is 14.6. The van der Waals surface area contributed by atoms with E-state index in [-0.39, 0.29) is 30.4 Å². The highest BCUT2D eigenvalue weighted by Gasteiger charge is 2.53. The molecule has 234 valence electrons. The summed E-state index contributed by atoms with van der Waals surface area (Å²) >= 11 is 0. The van der Waals surface area contributed by atoms with E-state index in [9.17, 15) is 21.6 Å². The predicted octanol–water partition coefficient (Wildman–Crippen LogP) is 7.72. The minimum Gasteiger partial charge on any atom is -0.489 e. The fraction of sp³-hybridized carbons (Fsp3) is 0.257. The number of hydrogen-bond donors (Lipinski definition) is 0. The van der Waals surface area contributed by atoms with Crippen molar-refractivity contribution in [1.82, 2.24) is 4.31 Å². The number of hydrogen-bond acceptors (Lipinski definition) is 5. The van der Waals surface area contributed by atoms with Crippen molar-refractivity contribution in [2.24, 2.45) is 0 Å². The highest BCUT2D eigenvalue weighted by atomic mass is 32.2. The van der Waals surface area contributed by atoms with Crippen LogP contribution < -0.4 is 9.47 Å². The molecule has 1 fully saturated rings. The number of halogens is 3. The summed E-state index contributed by atoms with van der Waals surface area (Å²) < 4.78 is 86.3. The van der Waals surface area contributed by atoms with Gasteiger partial charge >= 0.3 is 6.36 Å². The summed E-state index contributed by atoms with van der Waals surface area (Å²) in [6.07, 6.45) is -0.900. The highest BCUT2D eigenvalue weighted by molar-refractivity contribution is 7.89. The highest BCUT2D eigenvalue weighted by Crippen LogP contribution is 2.52. The molecule has 0 amide bonds. The summed E-state index contributed by atoms with van der Waals surface area (Å²) in [6.45, 7) is 2.36. The topological polar surface area (TPSA) is 65.1 Å². The Labute approximate surface area is 260 Å². The van der Waals surface area contributed by atoms with E-state index in [1.165, 1.54) is 22.5 Å². The van der Waals surface area contributed by atoms with Crippen LogP contribution in [0.5, 0.6) is 11.5 Å². The molecule has 0 N–H and O–H groups in total. The first-order valence-corrected chi connectivity index (χ1v) is 16.0. The second-order valence-corrected chi connectivity index (χ2v) is 13.2. The van der Waals surface area contributed by atoms with Gasteiger partial charge in [-0.1, -0.05) is 90.5 Å². The van der Waals surface area contributed by atoms with Crippen molar-refractivity contribution in [2.75, 3.05) is 13.2 Å². The fourth-order valence-corrected chi connectivity index (χ4v) is 7.75. The third kappa shape index (κ3) is 6.63. The smallest absolute Gasteiger partial charge is 0.489 e. The second kappa shape index (κ2) is 12.3. The zero-order valence-corrected chi connectivity index (χ0v) is 25.3. The van der Waals surface area contributed by atoms with Crippen LogP contribution in [0.2, 0.25) is 0 Å². The van der Waals surface area contributed by atoms with E-state index >= 15 is 0 Å². The van der Waals surface area contributed by atoms with Crippen molar-refractivity contribution in [3.05, 3.63) is 138 Å². The summed E-state index contributed by atoms with van der Waals surface area (Å²) in [7, 11) is -3.96. The van der Waals surface area contributed by atoms with Gasteiger partial charge in [0.25, 0.3) is 0 Å². The normalized spacial score (nSPS) is 22.0. The van der Waals surface area contributed by atoms with Gasteiger partial charge in [0.2, 0.25) is 10.0 Å². The largest absolute Gasteiger partial charge is 0.573 e. The van der Waals surface area contributed by atoms with Crippen molar-refractivity contribution >= 4 is 10.0 Å². The van der Waals surface area contributed by atoms with Gasteiger partial charge in [-0.3, -0.25) is 0 Å². The zero-order valence-electron chi connectivity index (χ0n) is 24.5. The van der Waals surface area contributed by atoms with Crippen molar-refractivity contribution in [2.45, 2.75) is 48.8 Å². The van der Waals surface area contributed by atoms with Crippen LogP contribution >= 0.6 is 0 Å². The number of alkyl halides is 3. The monoisotopic (exact) mass is 635 g/mol. The molecule has 0 radical (unpaired) electrons. The SMILES string of the molecule is Cc1ccc(S(=O)(=O)N2CC=C[C@@]3(C[C@H](c4cc(OC(F)(F)F)ccc4OCc4ccccc4)CO3)[C@@H]2c2ccccc2)cc1. The number of nitrogens with zero attached hydrogens (tertiary/aromatic N) is 1. The minimum atomic E-state index is -4.87. The molecule has 6 rings (SSSR count). The Balaban J connectivity index is 1.38. The van der Waals surface area contributed by atoms with E-state index in [1.807, 2.05) is 73.7 Å². The standard InChI is InChI=1S/C35H32F3NO5S/c1-25-13-16-30(17-14-25)45(40,41)39-20-8-19-34(33(39)27-11-6-3-7-12-27)22-28(24-43-34)31-21-29(44-35(36,37)38)15-18-32(31)42-23-26-9-4-2-5-10-26/h2-19,21,28,33H,20,22-24H2,1H3/t28-,33-,34+/m0/s1. The summed E-state index contributed by atoms with van der Waals surface area (Å²) in [6, 6.07) is 28.7. The van der Waals surface area contributed by atoms with E-state index in [2.05, 4.69) is 4.74 Å². The average molecular weight is 636 g/mol. The lowest BCUT2D eigenvalue weighted by molar-refractivity contribution is -0.274. The molecule has 3 atom stereocenters. The van der Waals surface area contributed by atoms with Crippen LogP contribution in [-0.2, 0) is 21.4 Å². The Bertz CT molecular complexity index is 1760. The predicted molar refractivity (Wildman–Crippen MR) is 163 cm³/mol. The zero-order chi connectivity index (χ0) is 31.7. The molecule has 10 heteroatoms. The third-order valence-electron chi connectivity index (χ3n) is 8.19. The Morgan fingerprint density at radius 2 is 1.62 bits per heavy atom. The van der Waals surface area contributed by atoms with E-state index in [4.69, 9.17) is 9.47 Å². The van der Waals surface area contributed by atoms with Gasteiger partial charge in [-0.2, -0.15) is 4.31 Å². The van der Waals surface area contributed by atoms with Crippen molar-refractivity contribution in [3.8, 4) is 11.5 Å². The van der Waals surface area contributed by atoms with E-state index in [1.54, 1.807) is 30.3 Å². The van der Waals surface area contributed by atoms with Crippen LogP contribution in [0.25, 0.3) is 0 Å². The number of benzene rings is 4. The van der Waals surface area contributed by atoms with Crippen LogP contribution in [0, 0.1) is 6.92 Å². The molecule has 1 spiro atoms. The maximum absolute atomic E-state index is 14.1. The van der Waals surface area contributed by atoms with Crippen molar-refractivity contribution < 1.29 is 35.8 Å². The molecule has 2 aliphatic heterocycles. The summed E-state index contributed by atoms with van der Waals surface area (Å²) in [4.78, 5) is 0.169. The molecule has 45 heavy (non-hydrogen) atoms. The lowest BCUT2D eigenvalue weighted by atomic mass is 9.79. The molecule has 6 nitrogen and oxygen atoms in total. The fourth-order valence-electron chi connectivity index (χ4n) is 6.14. The quantitative estimate of drug-likeness (QED) is 0.186. The third-order valence-corrected chi connectivity index (χ3v) is 10.0. The minimum absolute atomic E-state index is 0.128. The number of ether oxygens (including phenoxy) is 3. The first kappa shape index (κ1) is 30.9. The van der Waals surface area contributed by atoms with Gasteiger partial charge in [-0.25, -0.2) is 8.42 Å². The van der Waals surface area contributed by atoms with Gasteiger partial charge in [0.1, 0.15) is 23.7 Å². The van der Waals surface area contributed by atoms with Crippen molar-refractivity contribution in [3.63, 3.8) is 0 Å². The van der Waals surface area contributed by atoms with Crippen LogP contribution in [0.4, 0.5) is 13.2 Å². The van der Waals surface area contributed by atoms with Gasteiger partial charge in [-0.15, -0.1) is 13.2 Å². The molecule has 0 aliphatic carbocycles. The Hall–Kier alpha value is -4.12. The van der Waals surface area contributed by atoms with E-state index in [0.29, 0.717) is 17.7 Å². The van der Waals surface area contributed by atoms with E-state index < -0.39 is 33.9 Å². The number of rotatable bonds is 8. The first-order chi connectivity index (χ1) is 21.5. The number of sulfonamides is 1. The van der Waals surface area contributed by atoms with Gasteiger partial charge in [-0.05, 0) is 54.8 Å². The Kier molecular flexibility index (Phi) is 8.47. The maximum atomic E-state index is 14.1. The maximum Gasteiger partial charge on any atom is 0.573 e. The van der Waals surface area contributed by atoms with Crippen LogP contribution in [0.15, 0.2) is 120 Å². The molecular weight excluding hydrogens is 603 g/mol. The van der Waals surface area contributed by atoms with Crippen LogP contribution in [0.1, 0.15) is 40.6 Å². The van der Waals surface area contributed by atoms with Gasteiger partial charge in [0, 0.05) is 18.0 Å². The number of aryl methyl sites for hydroxylation is 1. The van der Waals surface area contributed by atoms with Crippen LogP contribution in [-0.4, -0.2) is 37.8 Å². The molecule has 0 bridgehead atoms. The summed E-state index contributed by atoms with van der Waals surface area (Å²) in [5.41, 5.74) is 1.97. The molecule has 0 saturated carbocycles. The molecule has 0 unspecified atom stereocenters. The Morgan fingerprint density at radius 1 is 0.933 bits per heavy atom. The lowest BCUT2D eigenvalue weighted by Gasteiger charge is -2.44. The Morgan fingerprint density at radius 3 is 2.31 bits per heavy atom. The van der Waals surface area contributed by atoms with Gasteiger partial charge < -0.3 is 14.2 Å². The average Bonchev–Trinajstić information content (AvgIpc) is 3.44. The van der Waals surface area contributed by atoms with Crippen LogP contribution in [0.3, 0.4) is 0 Å². The summed E-state index contributed by atoms with van der Waals surface area (Å²) in [5, 5.41) is 0. The van der Waals surface area contributed by atoms with Gasteiger partial charge in [0.05, 0.1) is 17.5 Å². The van der Waals surface area contributed by atoms with E-state index in [0.717, 1.165) is 16.7 Å². The molecular formula is C35H32F3NO5S. The van der Waals surface area contributed by atoms with Crippen molar-refractivity contribution in [1.29, 1.82) is 0 Å². The molecule has 4 aromatic carbocycles. The molecule has 2 heterocycles. The second-order valence-electron chi connectivity index (χ2n) is 11.3. The van der Waals surface area contributed by atoms with Gasteiger partial charge in [0.15, 0.2) is 0 Å². The molecule has 0 aromatic heterocycles.